The van der Waals surface area contributed by atoms with E-state index < -0.39 is 0 Å². The van der Waals surface area contributed by atoms with Crippen molar-refractivity contribution in [3.63, 3.8) is 0 Å². The number of carbonyl (C=O) groups excluding carboxylic acids is 1. The lowest BCUT2D eigenvalue weighted by Gasteiger charge is -2.10. The average molecular weight is 406 g/mol. The van der Waals surface area contributed by atoms with Crippen molar-refractivity contribution < 1.29 is 14.3 Å². The minimum absolute atomic E-state index is 0.120. The van der Waals surface area contributed by atoms with Crippen molar-refractivity contribution >= 4 is 49.0 Å². The number of carbonyl (C=O) groups is 1. The van der Waals surface area contributed by atoms with E-state index in [0.717, 1.165) is 8.26 Å². The molecule has 0 aliphatic carbocycles. The number of rotatable bonds is 4. The number of hydrogen-bond acceptors (Lipinski definition) is 4. The molecule has 0 aliphatic heterocycles. The van der Waals surface area contributed by atoms with Crippen molar-refractivity contribution in [1.82, 2.24) is 0 Å². The lowest BCUT2D eigenvalue weighted by Crippen LogP contribution is -2.04. The number of ketones is 1. The fraction of sp³-hybridized carbons (Fsp3) is 0.154. The van der Waals surface area contributed by atoms with E-state index in [2.05, 4.69) is 31.9 Å². The van der Waals surface area contributed by atoms with Gasteiger partial charge in [0.25, 0.3) is 0 Å². The quantitative estimate of drug-likeness (QED) is 0.701. The van der Waals surface area contributed by atoms with Crippen molar-refractivity contribution in [1.29, 1.82) is 0 Å². The molecule has 0 spiro atoms. The fourth-order valence-electron chi connectivity index (χ4n) is 1.66. The van der Waals surface area contributed by atoms with Gasteiger partial charge in [-0.05, 0) is 50.1 Å². The Kier molecular flexibility index (Phi) is 4.65. The SMILES string of the molecule is COc1cccc(OC)c1C(=O)c1cc(Br)c(Br)s1. The largest absolute Gasteiger partial charge is 0.496 e. The summed E-state index contributed by atoms with van der Waals surface area (Å²) in [4.78, 5) is 13.2. The molecule has 100 valence electrons. The van der Waals surface area contributed by atoms with Gasteiger partial charge in [-0.3, -0.25) is 4.79 Å². The van der Waals surface area contributed by atoms with Crippen LogP contribution < -0.4 is 9.47 Å². The third-order valence-electron chi connectivity index (χ3n) is 2.52. The molecule has 0 amide bonds. The van der Waals surface area contributed by atoms with Gasteiger partial charge in [0.15, 0.2) is 0 Å². The van der Waals surface area contributed by atoms with E-state index in [9.17, 15) is 4.79 Å². The molecule has 0 fully saturated rings. The first kappa shape index (κ1) is 14.6. The Bertz CT molecular complexity index is 581. The van der Waals surface area contributed by atoms with Crippen LogP contribution in [0.4, 0.5) is 0 Å². The van der Waals surface area contributed by atoms with Gasteiger partial charge in [-0.15, -0.1) is 11.3 Å². The van der Waals surface area contributed by atoms with E-state index in [0.29, 0.717) is 21.9 Å². The van der Waals surface area contributed by atoms with Crippen LogP contribution in [0.15, 0.2) is 32.5 Å². The van der Waals surface area contributed by atoms with Crippen LogP contribution in [0, 0.1) is 0 Å². The highest BCUT2D eigenvalue weighted by Crippen LogP contribution is 2.37. The zero-order chi connectivity index (χ0) is 14.0. The molecule has 0 radical (unpaired) electrons. The summed E-state index contributed by atoms with van der Waals surface area (Å²) in [6.45, 7) is 0. The van der Waals surface area contributed by atoms with Crippen LogP contribution in [0.5, 0.6) is 11.5 Å². The molecular formula is C13H10Br2O3S. The van der Waals surface area contributed by atoms with E-state index in [1.807, 2.05) is 0 Å². The Balaban J connectivity index is 2.54. The maximum atomic E-state index is 12.6. The van der Waals surface area contributed by atoms with Crippen molar-refractivity contribution in [3.05, 3.63) is 43.0 Å². The van der Waals surface area contributed by atoms with Crippen LogP contribution >= 0.6 is 43.2 Å². The Morgan fingerprint density at radius 1 is 1.16 bits per heavy atom. The van der Waals surface area contributed by atoms with Gasteiger partial charge in [0.1, 0.15) is 17.1 Å². The molecule has 6 heteroatoms. The average Bonchev–Trinajstić information content (AvgIpc) is 2.76. The van der Waals surface area contributed by atoms with Gasteiger partial charge in [-0.2, -0.15) is 0 Å². The molecule has 2 aromatic rings. The van der Waals surface area contributed by atoms with Gasteiger partial charge in [-0.25, -0.2) is 0 Å². The first-order valence-electron chi connectivity index (χ1n) is 5.29. The number of methoxy groups -OCH3 is 2. The van der Waals surface area contributed by atoms with E-state index >= 15 is 0 Å². The number of halogens is 2. The van der Waals surface area contributed by atoms with E-state index in [4.69, 9.17) is 9.47 Å². The van der Waals surface area contributed by atoms with Gasteiger partial charge < -0.3 is 9.47 Å². The highest BCUT2D eigenvalue weighted by atomic mass is 79.9. The van der Waals surface area contributed by atoms with E-state index in [-0.39, 0.29) is 5.78 Å². The molecule has 0 bridgehead atoms. The third kappa shape index (κ3) is 2.85. The number of benzene rings is 1. The number of hydrogen-bond donors (Lipinski definition) is 0. The highest BCUT2D eigenvalue weighted by molar-refractivity contribution is 9.13. The summed E-state index contributed by atoms with van der Waals surface area (Å²) in [5, 5.41) is 0. The van der Waals surface area contributed by atoms with Crippen LogP contribution in [-0.2, 0) is 0 Å². The molecule has 1 heterocycles. The topological polar surface area (TPSA) is 35.5 Å². The lowest BCUT2D eigenvalue weighted by molar-refractivity contribution is 0.103. The van der Waals surface area contributed by atoms with Gasteiger partial charge >= 0.3 is 0 Å². The first-order chi connectivity index (χ1) is 9.08. The molecule has 0 aliphatic rings. The second-order valence-electron chi connectivity index (χ2n) is 3.60. The fourth-order valence-corrected chi connectivity index (χ4v) is 3.64. The minimum Gasteiger partial charge on any atom is -0.496 e. The van der Waals surface area contributed by atoms with Crippen molar-refractivity contribution in [2.24, 2.45) is 0 Å². The maximum absolute atomic E-state index is 12.6. The molecule has 19 heavy (non-hydrogen) atoms. The summed E-state index contributed by atoms with van der Waals surface area (Å²) >= 11 is 8.13. The van der Waals surface area contributed by atoms with Crippen LogP contribution in [0.25, 0.3) is 0 Å². The molecule has 3 nitrogen and oxygen atoms in total. The first-order valence-corrected chi connectivity index (χ1v) is 7.69. The Hall–Kier alpha value is -0.850. The molecule has 0 saturated carbocycles. The minimum atomic E-state index is -0.120. The molecule has 0 N–H and O–H groups in total. The zero-order valence-electron chi connectivity index (χ0n) is 10.2. The summed E-state index contributed by atoms with van der Waals surface area (Å²) in [6, 6.07) is 7.05. The Labute approximate surface area is 131 Å². The van der Waals surface area contributed by atoms with Crippen LogP contribution in [0.3, 0.4) is 0 Å². The van der Waals surface area contributed by atoms with Gasteiger partial charge in [0.2, 0.25) is 5.78 Å². The normalized spacial score (nSPS) is 10.3. The van der Waals surface area contributed by atoms with Crippen LogP contribution in [0.1, 0.15) is 15.2 Å². The highest BCUT2D eigenvalue weighted by Gasteiger charge is 2.22. The number of ether oxygens (including phenoxy) is 2. The predicted molar refractivity (Wildman–Crippen MR) is 82.7 cm³/mol. The second-order valence-corrected chi connectivity index (χ2v) is 6.82. The summed E-state index contributed by atoms with van der Waals surface area (Å²) in [6.07, 6.45) is 0. The molecular weight excluding hydrogens is 396 g/mol. The maximum Gasteiger partial charge on any atom is 0.210 e. The predicted octanol–water partition coefficient (Wildman–Crippen LogP) is 4.52. The molecule has 1 aromatic heterocycles. The van der Waals surface area contributed by atoms with Crippen LogP contribution in [0.2, 0.25) is 0 Å². The van der Waals surface area contributed by atoms with Gasteiger partial charge in [0, 0.05) is 4.47 Å². The Morgan fingerprint density at radius 3 is 2.16 bits per heavy atom. The summed E-state index contributed by atoms with van der Waals surface area (Å²) in [5.74, 6) is 0.890. The molecule has 0 unspecified atom stereocenters. The summed E-state index contributed by atoms with van der Waals surface area (Å²) in [7, 11) is 3.07. The number of thiophene rings is 1. The lowest BCUT2D eigenvalue weighted by atomic mass is 10.1. The molecule has 1 aromatic carbocycles. The van der Waals surface area contributed by atoms with Crippen LogP contribution in [-0.4, -0.2) is 20.0 Å². The molecule has 0 atom stereocenters. The van der Waals surface area contributed by atoms with E-state index in [1.165, 1.54) is 25.6 Å². The smallest absolute Gasteiger partial charge is 0.210 e. The van der Waals surface area contributed by atoms with Gasteiger partial charge in [0.05, 0.1) is 22.9 Å². The standard InChI is InChI=1S/C13H10Br2O3S/c1-17-8-4-3-5-9(18-2)11(8)12(16)10-6-7(14)13(15)19-10/h3-6H,1-2H3. The molecule has 0 saturated heterocycles. The summed E-state index contributed by atoms with van der Waals surface area (Å²) in [5.41, 5.74) is 0.439. The monoisotopic (exact) mass is 404 g/mol. The molecule has 2 rings (SSSR count). The zero-order valence-corrected chi connectivity index (χ0v) is 14.2. The van der Waals surface area contributed by atoms with Gasteiger partial charge in [-0.1, -0.05) is 6.07 Å². The Morgan fingerprint density at radius 2 is 1.74 bits per heavy atom. The van der Waals surface area contributed by atoms with Crippen molar-refractivity contribution in [2.45, 2.75) is 0 Å². The van der Waals surface area contributed by atoms with Crippen molar-refractivity contribution in [3.8, 4) is 11.5 Å². The van der Waals surface area contributed by atoms with Crippen molar-refractivity contribution in [2.75, 3.05) is 14.2 Å². The van der Waals surface area contributed by atoms with E-state index in [1.54, 1.807) is 24.3 Å². The summed E-state index contributed by atoms with van der Waals surface area (Å²) < 4.78 is 12.2. The second kappa shape index (κ2) is 6.07. The third-order valence-corrected chi connectivity index (χ3v) is 5.78.